The molecule has 6 heteroatoms. The zero-order valence-electron chi connectivity index (χ0n) is 6.17. The minimum Gasteiger partial charge on any atom is -0.435 e. The van der Waals surface area contributed by atoms with E-state index in [4.69, 9.17) is 16.9 Å². The lowest BCUT2D eigenvalue weighted by molar-refractivity contribution is -0.0498. The SMILES string of the molecule is N#Cc1cc(OC(F)F)cc(Cl)n1. The largest absolute Gasteiger partial charge is 0.435 e. The monoisotopic (exact) mass is 204 g/mol. The van der Waals surface area contributed by atoms with E-state index in [1.807, 2.05) is 0 Å². The van der Waals surface area contributed by atoms with Crippen LogP contribution in [-0.4, -0.2) is 11.6 Å². The molecule has 3 nitrogen and oxygen atoms in total. The van der Waals surface area contributed by atoms with Gasteiger partial charge in [0.2, 0.25) is 0 Å². The molecule has 0 unspecified atom stereocenters. The van der Waals surface area contributed by atoms with E-state index in [2.05, 4.69) is 9.72 Å². The van der Waals surface area contributed by atoms with Crippen LogP contribution >= 0.6 is 11.6 Å². The summed E-state index contributed by atoms with van der Waals surface area (Å²) in [7, 11) is 0. The van der Waals surface area contributed by atoms with Crippen LogP contribution in [0.5, 0.6) is 5.75 Å². The van der Waals surface area contributed by atoms with Gasteiger partial charge in [-0.15, -0.1) is 0 Å². The lowest BCUT2D eigenvalue weighted by atomic mass is 10.3. The normalized spacial score (nSPS) is 9.77. The summed E-state index contributed by atoms with van der Waals surface area (Å²) in [5.74, 6) is -0.174. The van der Waals surface area contributed by atoms with Gasteiger partial charge in [-0.3, -0.25) is 0 Å². The lowest BCUT2D eigenvalue weighted by Gasteiger charge is -2.03. The predicted octanol–water partition coefficient (Wildman–Crippen LogP) is 2.21. The molecular formula is C7H3ClF2N2O. The molecule has 0 saturated heterocycles. The summed E-state index contributed by atoms with van der Waals surface area (Å²) in [4.78, 5) is 3.54. The number of pyridine rings is 1. The number of halogens is 3. The second-order valence-electron chi connectivity index (χ2n) is 2.00. The van der Waals surface area contributed by atoms with Crippen LogP contribution in [0.2, 0.25) is 5.15 Å². The summed E-state index contributed by atoms with van der Waals surface area (Å²) in [5, 5.41) is 8.35. The summed E-state index contributed by atoms with van der Waals surface area (Å²) in [6, 6.07) is 3.85. The van der Waals surface area contributed by atoms with Crippen molar-refractivity contribution in [3.05, 3.63) is 23.0 Å². The average Bonchev–Trinajstić information content (AvgIpc) is 2.01. The third-order valence-electron chi connectivity index (χ3n) is 1.11. The summed E-state index contributed by atoms with van der Waals surface area (Å²) >= 11 is 5.43. The fourth-order valence-electron chi connectivity index (χ4n) is 0.702. The fraction of sp³-hybridized carbons (Fsp3) is 0.143. The Labute approximate surface area is 77.5 Å². The highest BCUT2D eigenvalue weighted by atomic mass is 35.5. The van der Waals surface area contributed by atoms with E-state index in [0.29, 0.717) is 0 Å². The van der Waals surface area contributed by atoms with Crippen LogP contribution in [0.1, 0.15) is 5.69 Å². The summed E-state index contributed by atoms with van der Waals surface area (Å²) in [6.45, 7) is -2.94. The zero-order valence-corrected chi connectivity index (χ0v) is 6.92. The number of hydrogen-bond donors (Lipinski definition) is 0. The molecule has 0 bridgehead atoms. The minimum absolute atomic E-state index is 0.0605. The highest BCUT2D eigenvalue weighted by molar-refractivity contribution is 6.29. The molecule has 0 fully saturated rings. The topological polar surface area (TPSA) is 45.9 Å². The molecule has 1 aromatic heterocycles. The maximum absolute atomic E-state index is 11.7. The number of ether oxygens (including phenoxy) is 1. The minimum atomic E-state index is -2.94. The highest BCUT2D eigenvalue weighted by Crippen LogP contribution is 2.19. The maximum atomic E-state index is 11.7. The van der Waals surface area contributed by atoms with Gasteiger partial charge in [0.1, 0.15) is 22.7 Å². The summed E-state index contributed by atoms with van der Waals surface area (Å²) < 4.78 is 27.5. The van der Waals surface area contributed by atoms with E-state index in [1.54, 1.807) is 6.07 Å². The lowest BCUT2D eigenvalue weighted by Crippen LogP contribution is -2.02. The number of alkyl halides is 2. The van der Waals surface area contributed by atoms with E-state index < -0.39 is 6.61 Å². The first-order valence-electron chi connectivity index (χ1n) is 3.14. The van der Waals surface area contributed by atoms with Crippen LogP contribution in [0, 0.1) is 11.3 Å². The molecule has 68 valence electrons. The molecule has 13 heavy (non-hydrogen) atoms. The third-order valence-corrected chi connectivity index (χ3v) is 1.30. The quantitative estimate of drug-likeness (QED) is 0.694. The standard InChI is InChI=1S/C7H3ClF2N2O/c8-6-2-5(13-7(9)10)1-4(3-11)12-6/h1-2,7H. The van der Waals surface area contributed by atoms with Gasteiger partial charge < -0.3 is 4.74 Å². The third kappa shape index (κ3) is 2.84. The van der Waals surface area contributed by atoms with E-state index in [-0.39, 0.29) is 16.6 Å². The fourth-order valence-corrected chi connectivity index (χ4v) is 0.900. The van der Waals surface area contributed by atoms with Gasteiger partial charge in [-0.05, 0) is 0 Å². The predicted molar refractivity (Wildman–Crippen MR) is 40.6 cm³/mol. The van der Waals surface area contributed by atoms with Crippen molar-refractivity contribution in [1.82, 2.24) is 4.98 Å². The van der Waals surface area contributed by atoms with Crippen molar-refractivity contribution in [3.8, 4) is 11.8 Å². The Hall–Kier alpha value is -1.41. The Morgan fingerprint density at radius 2 is 2.23 bits per heavy atom. The van der Waals surface area contributed by atoms with Gasteiger partial charge in [0.25, 0.3) is 0 Å². The Balaban J connectivity index is 2.96. The zero-order chi connectivity index (χ0) is 9.84. The van der Waals surface area contributed by atoms with Crippen molar-refractivity contribution in [1.29, 1.82) is 5.26 Å². The molecule has 0 amide bonds. The number of hydrogen-bond acceptors (Lipinski definition) is 3. The summed E-state index contributed by atoms with van der Waals surface area (Å²) in [6.07, 6.45) is 0. The average molecular weight is 205 g/mol. The Kier molecular flexibility index (Phi) is 2.98. The van der Waals surface area contributed by atoms with E-state index in [1.165, 1.54) is 0 Å². The molecule has 0 aliphatic carbocycles. The van der Waals surface area contributed by atoms with Crippen LogP contribution in [0.15, 0.2) is 12.1 Å². The van der Waals surface area contributed by atoms with E-state index >= 15 is 0 Å². The Morgan fingerprint density at radius 3 is 2.77 bits per heavy atom. The van der Waals surface area contributed by atoms with Crippen molar-refractivity contribution < 1.29 is 13.5 Å². The number of nitriles is 1. The molecule has 0 saturated carbocycles. The van der Waals surface area contributed by atoms with Gasteiger partial charge in [0, 0.05) is 12.1 Å². The molecular weight excluding hydrogens is 202 g/mol. The summed E-state index contributed by atoms with van der Waals surface area (Å²) in [5.41, 5.74) is -0.0665. The second-order valence-corrected chi connectivity index (χ2v) is 2.39. The van der Waals surface area contributed by atoms with Crippen LogP contribution in [0.4, 0.5) is 8.78 Å². The molecule has 0 radical (unpaired) electrons. The molecule has 1 rings (SSSR count). The maximum Gasteiger partial charge on any atom is 0.387 e. The van der Waals surface area contributed by atoms with Crippen molar-refractivity contribution in [2.45, 2.75) is 6.61 Å². The van der Waals surface area contributed by atoms with E-state index in [9.17, 15) is 8.78 Å². The van der Waals surface area contributed by atoms with Gasteiger partial charge in [0.05, 0.1) is 0 Å². The Bertz CT molecular complexity index is 351. The first-order chi connectivity index (χ1) is 6.11. The molecule has 0 aliphatic rings. The van der Waals surface area contributed by atoms with Crippen molar-refractivity contribution in [2.24, 2.45) is 0 Å². The first kappa shape index (κ1) is 9.68. The highest BCUT2D eigenvalue weighted by Gasteiger charge is 2.07. The first-order valence-corrected chi connectivity index (χ1v) is 3.52. The molecule has 0 N–H and O–H groups in total. The molecule has 0 aromatic carbocycles. The van der Waals surface area contributed by atoms with Crippen molar-refractivity contribution in [2.75, 3.05) is 0 Å². The van der Waals surface area contributed by atoms with Crippen molar-refractivity contribution >= 4 is 11.6 Å². The van der Waals surface area contributed by atoms with Gasteiger partial charge in [-0.1, -0.05) is 11.6 Å². The molecule has 1 heterocycles. The molecule has 0 atom stereocenters. The molecule has 0 aliphatic heterocycles. The molecule has 0 spiro atoms. The van der Waals surface area contributed by atoms with Gasteiger partial charge in [-0.2, -0.15) is 14.0 Å². The van der Waals surface area contributed by atoms with Crippen LogP contribution in [0.3, 0.4) is 0 Å². The second kappa shape index (κ2) is 4.01. The Morgan fingerprint density at radius 1 is 1.54 bits per heavy atom. The van der Waals surface area contributed by atoms with Crippen LogP contribution in [-0.2, 0) is 0 Å². The van der Waals surface area contributed by atoms with Crippen molar-refractivity contribution in [3.63, 3.8) is 0 Å². The number of nitrogens with zero attached hydrogens (tertiary/aromatic N) is 2. The molecule has 1 aromatic rings. The smallest absolute Gasteiger partial charge is 0.387 e. The number of rotatable bonds is 2. The van der Waals surface area contributed by atoms with Gasteiger partial charge in [-0.25, -0.2) is 4.98 Å². The van der Waals surface area contributed by atoms with Crippen LogP contribution < -0.4 is 4.74 Å². The van der Waals surface area contributed by atoms with Gasteiger partial charge in [0.15, 0.2) is 0 Å². The van der Waals surface area contributed by atoms with Gasteiger partial charge >= 0.3 is 6.61 Å². The number of aromatic nitrogens is 1. The van der Waals surface area contributed by atoms with E-state index in [0.717, 1.165) is 12.1 Å². The van der Waals surface area contributed by atoms with Crippen LogP contribution in [0.25, 0.3) is 0 Å².